The van der Waals surface area contributed by atoms with Crippen LogP contribution in [0.15, 0.2) is 6.20 Å². The molecule has 0 atom stereocenters. The third-order valence-electron chi connectivity index (χ3n) is 1.30. The SMILES string of the molecule is COc1cnc(C)nc1C(=O)O. The Balaban J connectivity index is 3.21. The summed E-state index contributed by atoms with van der Waals surface area (Å²) in [5.74, 6) is -0.529. The van der Waals surface area contributed by atoms with E-state index in [0.717, 1.165) is 0 Å². The van der Waals surface area contributed by atoms with Gasteiger partial charge >= 0.3 is 5.97 Å². The molecule has 0 aliphatic carbocycles. The van der Waals surface area contributed by atoms with Crippen molar-refractivity contribution in [3.05, 3.63) is 17.7 Å². The molecule has 64 valence electrons. The zero-order valence-electron chi connectivity index (χ0n) is 6.74. The lowest BCUT2D eigenvalue weighted by molar-refractivity contribution is 0.0686. The molecule has 0 fully saturated rings. The fourth-order valence-electron chi connectivity index (χ4n) is 0.762. The largest absolute Gasteiger partial charge is 0.493 e. The quantitative estimate of drug-likeness (QED) is 0.695. The van der Waals surface area contributed by atoms with Gasteiger partial charge in [0, 0.05) is 0 Å². The first-order chi connectivity index (χ1) is 5.65. The van der Waals surface area contributed by atoms with Crippen molar-refractivity contribution < 1.29 is 14.6 Å². The van der Waals surface area contributed by atoms with E-state index in [1.54, 1.807) is 6.92 Å². The maximum atomic E-state index is 10.6. The molecule has 0 aromatic carbocycles. The van der Waals surface area contributed by atoms with Crippen molar-refractivity contribution in [2.45, 2.75) is 6.92 Å². The Kier molecular flexibility index (Phi) is 2.23. The molecule has 0 bridgehead atoms. The molecule has 1 aromatic rings. The smallest absolute Gasteiger partial charge is 0.358 e. The second-order valence-electron chi connectivity index (χ2n) is 2.14. The van der Waals surface area contributed by atoms with E-state index in [4.69, 9.17) is 9.84 Å². The Hall–Kier alpha value is -1.65. The lowest BCUT2D eigenvalue weighted by Crippen LogP contribution is -2.05. The second kappa shape index (κ2) is 3.17. The van der Waals surface area contributed by atoms with E-state index < -0.39 is 5.97 Å². The Morgan fingerprint density at radius 1 is 1.67 bits per heavy atom. The number of hydrogen-bond acceptors (Lipinski definition) is 4. The molecule has 1 aromatic heterocycles. The molecule has 0 saturated heterocycles. The zero-order valence-corrected chi connectivity index (χ0v) is 6.74. The van der Waals surface area contributed by atoms with E-state index >= 15 is 0 Å². The van der Waals surface area contributed by atoms with Crippen LogP contribution in [-0.4, -0.2) is 28.2 Å². The summed E-state index contributed by atoms with van der Waals surface area (Å²) in [4.78, 5) is 18.1. The van der Waals surface area contributed by atoms with Gasteiger partial charge in [0.2, 0.25) is 0 Å². The monoisotopic (exact) mass is 168 g/mol. The first kappa shape index (κ1) is 8.45. The summed E-state index contributed by atoms with van der Waals surface area (Å²) in [6.07, 6.45) is 1.34. The minimum atomic E-state index is -1.11. The molecular formula is C7H8N2O3. The molecule has 0 unspecified atom stereocenters. The van der Waals surface area contributed by atoms with Crippen LogP contribution in [-0.2, 0) is 0 Å². The van der Waals surface area contributed by atoms with Gasteiger partial charge in [-0.25, -0.2) is 14.8 Å². The van der Waals surface area contributed by atoms with Gasteiger partial charge in [0.25, 0.3) is 0 Å². The average molecular weight is 168 g/mol. The Morgan fingerprint density at radius 2 is 2.33 bits per heavy atom. The molecule has 0 aliphatic heterocycles. The molecule has 0 radical (unpaired) electrons. The standard InChI is InChI=1S/C7H8N2O3/c1-4-8-3-5(12-2)6(9-4)7(10)11/h3H,1-2H3,(H,10,11). The number of ether oxygens (including phenoxy) is 1. The van der Waals surface area contributed by atoms with Crippen LogP contribution in [0.2, 0.25) is 0 Å². The van der Waals surface area contributed by atoms with Gasteiger partial charge in [-0.1, -0.05) is 0 Å². The zero-order chi connectivity index (χ0) is 9.14. The fraction of sp³-hybridized carbons (Fsp3) is 0.286. The number of carbonyl (C=O) groups is 1. The van der Waals surface area contributed by atoms with Gasteiger partial charge in [-0.05, 0) is 6.92 Å². The summed E-state index contributed by atoms with van der Waals surface area (Å²) in [5.41, 5.74) is -0.106. The summed E-state index contributed by atoms with van der Waals surface area (Å²) in [6, 6.07) is 0. The van der Waals surface area contributed by atoms with Crippen molar-refractivity contribution in [1.29, 1.82) is 0 Å². The topological polar surface area (TPSA) is 72.3 Å². The van der Waals surface area contributed by atoms with Crippen molar-refractivity contribution >= 4 is 5.97 Å². The van der Waals surface area contributed by atoms with Crippen LogP contribution in [0.25, 0.3) is 0 Å². The highest BCUT2D eigenvalue weighted by atomic mass is 16.5. The van der Waals surface area contributed by atoms with Crippen molar-refractivity contribution in [3.63, 3.8) is 0 Å². The molecule has 5 nitrogen and oxygen atoms in total. The van der Waals surface area contributed by atoms with Gasteiger partial charge in [-0.15, -0.1) is 0 Å². The molecule has 12 heavy (non-hydrogen) atoms. The highest BCUT2D eigenvalue weighted by Crippen LogP contribution is 2.13. The number of methoxy groups -OCH3 is 1. The minimum absolute atomic E-state index is 0.106. The summed E-state index contributed by atoms with van der Waals surface area (Å²) in [7, 11) is 1.38. The minimum Gasteiger partial charge on any atom is -0.493 e. The van der Waals surface area contributed by atoms with Gasteiger partial charge in [0.1, 0.15) is 5.82 Å². The van der Waals surface area contributed by atoms with Gasteiger partial charge in [0.05, 0.1) is 13.3 Å². The third-order valence-corrected chi connectivity index (χ3v) is 1.30. The summed E-state index contributed by atoms with van der Waals surface area (Å²) < 4.78 is 4.76. The van der Waals surface area contributed by atoms with Gasteiger partial charge in [-0.2, -0.15) is 0 Å². The van der Waals surface area contributed by atoms with Crippen molar-refractivity contribution in [1.82, 2.24) is 9.97 Å². The van der Waals surface area contributed by atoms with E-state index in [9.17, 15) is 4.79 Å². The number of rotatable bonds is 2. The summed E-state index contributed by atoms with van der Waals surface area (Å²) >= 11 is 0. The molecule has 0 spiro atoms. The number of aryl methyl sites for hydroxylation is 1. The molecule has 1 heterocycles. The third kappa shape index (κ3) is 1.50. The van der Waals surface area contributed by atoms with Crippen molar-refractivity contribution in [2.24, 2.45) is 0 Å². The van der Waals surface area contributed by atoms with E-state index in [0.29, 0.717) is 5.82 Å². The highest BCUT2D eigenvalue weighted by Gasteiger charge is 2.12. The van der Waals surface area contributed by atoms with Crippen LogP contribution in [0.5, 0.6) is 5.75 Å². The Labute approximate surface area is 69.0 Å². The van der Waals surface area contributed by atoms with Crippen LogP contribution < -0.4 is 4.74 Å². The van der Waals surface area contributed by atoms with Crippen LogP contribution in [0.3, 0.4) is 0 Å². The predicted octanol–water partition coefficient (Wildman–Crippen LogP) is 0.492. The van der Waals surface area contributed by atoms with Crippen molar-refractivity contribution in [2.75, 3.05) is 7.11 Å². The number of aromatic carboxylic acids is 1. The molecule has 0 amide bonds. The van der Waals surface area contributed by atoms with E-state index in [-0.39, 0.29) is 11.4 Å². The second-order valence-corrected chi connectivity index (χ2v) is 2.14. The molecule has 0 saturated carbocycles. The number of hydrogen-bond donors (Lipinski definition) is 1. The molecule has 1 rings (SSSR count). The Bertz CT molecular complexity index is 312. The predicted molar refractivity (Wildman–Crippen MR) is 40.3 cm³/mol. The number of nitrogens with zero attached hydrogens (tertiary/aromatic N) is 2. The van der Waals surface area contributed by atoms with Crippen LogP contribution in [0.4, 0.5) is 0 Å². The van der Waals surface area contributed by atoms with Crippen molar-refractivity contribution in [3.8, 4) is 5.75 Å². The first-order valence-electron chi connectivity index (χ1n) is 3.26. The molecule has 0 aliphatic rings. The van der Waals surface area contributed by atoms with Crippen LogP contribution in [0, 0.1) is 6.92 Å². The number of carboxylic acid groups (broad SMARTS) is 1. The van der Waals surface area contributed by atoms with Gasteiger partial charge < -0.3 is 9.84 Å². The van der Waals surface area contributed by atoms with E-state index in [1.807, 2.05) is 0 Å². The normalized spacial score (nSPS) is 9.50. The fourth-order valence-corrected chi connectivity index (χ4v) is 0.762. The highest BCUT2D eigenvalue weighted by molar-refractivity contribution is 5.88. The van der Waals surface area contributed by atoms with E-state index in [1.165, 1.54) is 13.3 Å². The lowest BCUT2D eigenvalue weighted by atomic mass is 10.4. The first-order valence-corrected chi connectivity index (χ1v) is 3.26. The maximum absolute atomic E-state index is 10.6. The van der Waals surface area contributed by atoms with Crippen LogP contribution in [0.1, 0.15) is 16.3 Å². The van der Waals surface area contributed by atoms with E-state index in [2.05, 4.69) is 9.97 Å². The summed E-state index contributed by atoms with van der Waals surface area (Å²) in [5, 5.41) is 8.65. The molecule has 5 heteroatoms. The average Bonchev–Trinajstić information content (AvgIpc) is 2.04. The number of aromatic nitrogens is 2. The lowest BCUT2D eigenvalue weighted by Gasteiger charge is -2.02. The Morgan fingerprint density at radius 3 is 2.83 bits per heavy atom. The molecular weight excluding hydrogens is 160 g/mol. The van der Waals surface area contributed by atoms with Crippen LogP contribution >= 0.6 is 0 Å². The maximum Gasteiger partial charge on any atom is 0.358 e. The van der Waals surface area contributed by atoms with Gasteiger partial charge in [-0.3, -0.25) is 0 Å². The number of carboxylic acids is 1. The van der Waals surface area contributed by atoms with Gasteiger partial charge in [0.15, 0.2) is 11.4 Å². The summed E-state index contributed by atoms with van der Waals surface area (Å²) in [6.45, 7) is 1.62. The molecule has 1 N–H and O–H groups in total.